The smallest absolute Gasteiger partial charge is 0.265 e. The van der Waals surface area contributed by atoms with E-state index in [9.17, 15) is 9.59 Å². The quantitative estimate of drug-likeness (QED) is 0.808. The van der Waals surface area contributed by atoms with Crippen molar-refractivity contribution in [1.82, 2.24) is 4.90 Å². The van der Waals surface area contributed by atoms with Crippen molar-refractivity contribution in [3.63, 3.8) is 0 Å². The van der Waals surface area contributed by atoms with Crippen LogP contribution in [0.15, 0.2) is 4.21 Å². The Morgan fingerprint density at radius 3 is 2.41 bits per heavy atom. The molecule has 0 unspecified atom stereocenters. The average molecular weight is 273 g/mol. The number of rotatable bonds is 4. The predicted molar refractivity (Wildman–Crippen MR) is 71.7 cm³/mol. The molecule has 0 saturated carbocycles. The van der Waals surface area contributed by atoms with Crippen molar-refractivity contribution in [1.29, 1.82) is 0 Å². The maximum atomic E-state index is 11.9. The van der Waals surface area contributed by atoms with Crippen LogP contribution in [0.5, 0.6) is 0 Å². The standard InChI is InChI=1S/C10H15N3O2S2/c1-4-16-10-5(8(12)14)6(11)7(17-10)9(15)13(2)3/h4,11H2,1-3H3,(H2,12,14). The van der Waals surface area contributed by atoms with E-state index in [0.717, 1.165) is 5.75 Å². The zero-order valence-electron chi connectivity index (χ0n) is 9.94. The van der Waals surface area contributed by atoms with Gasteiger partial charge in [-0.1, -0.05) is 6.92 Å². The lowest BCUT2D eigenvalue weighted by Crippen LogP contribution is -2.22. The Hall–Kier alpha value is -1.21. The number of thiophene rings is 1. The van der Waals surface area contributed by atoms with Gasteiger partial charge in [0, 0.05) is 14.1 Å². The molecule has 0 aliphatic heterocycles. The zero-order chi connectivity index (χ0) is 13.2. The first-order valence-corrected chi connectivity index (χ1v) is 6.76. The van der Waals surface area contributed by atoms with Gasteiger partial charge in [-0.2, -0.15) is 0 Å². The molecule has 4 N–H and O–H groups in total. The van der Waals surface area contributed by atoms with E-state index in [1.165, 1.54) is 28.0 Å². The number of nitrogens with zero attached hydrogens (tertiary/aromatic N) is 1. The van der Waals surface area contributed by atoms with Gasteiger partial charge in [0.15, 0.2) is 0 Å². The molecule has 0 fully saturated rings. The van der Waals surface area contributed by atoms with Gasteiger partial charge in [-0.15, -0.1) is 23.1 Å². The van der Waals surface area contributed by atoms with Crippen molar-refractivity contribution in [2.24, 2.45) is 5.73 Å². The highest BCUT2D eigenvalue weighted by molar-refractivity contribution is 8.01. The number of carbonyl (C=O) groups excluding carboxylic acids is 2. The van der Waals surface area contributed by atoms with E-state index in [1.807, 2.05) is 6.92 Å². The molecule has 0 aliphatic carbocycles. The molecule has 2 amide bonds. The van der Waals surface area contributed by atoms with Crippen molar-refractivity contribution in [3.05, 3.63) is 10.4 Å². The molecule has 0 atom stereocenters. The number of amides is 2. The van der Waals surface area contributed by atoms with E-state index in [2.05, 4.69) is 0 Å². The molecular formula is C10H15N3O2S2. The van der Waals surface area contributed by atoms with Gasteiger partial charge in [0.1, 0.15) is 4.88 Å². The van der Waals surface area contributed by atoms with Gasteiger partial charge in [0.05, 0.1) is 15.5 Å². The van der Waals surface area contributed by atoms with Crippen LogP contribution in [0.3, 0.4) is 0 Å². The highest BCUT2D eigenvalue weighted by Gasteiger charge is 2.24. The minimum absolute atomic E-state index is 0.192. The van der Waals surface area contributed by atoms with Gasteiger partial charge in [-0.25, -0.2) is 0 Å². The maximum Gasteiger partial charge on any atom is 0.265 e. The number of hydrogen-bond acceptors (Lipinski definition) is 5. The lowest BCUT2D eigenvalue weighted by Gasteiger charge is -2.08. The third-order valence-electron chi connectivity index (χ3n) is 2.04. The van der Waals surface area contributed by atoms with Crippen molar-refractivity contribution in [2.45, 2.75) is 11.1 Å². The Morgan fingerprint density at radius 2 is 2.00 bits per heavy atom. The lowest BCUT2D eigenvalue weighted by atomic mass is 10.2. The number of anilines is 1. The topological polar surface area (TPSA) is 89.4 Å². The normalized spacial score (nSPS) is 10.3. The number of nitrogens with two attached hydrogens (primary N) is 2. The summed E-state index contributed by atoms with van der Waals surface area (Å²) in [5, 5.41) is 0. The Morgan fingerprint density at radius 1 is 1.41 bits per heavy atom. The van der Waals surface area contributed by atoms with E-state index in [1.54, 1.807) is 14.1 Å². The van der Waals surface area contributed by atoms with Crippen molar-refractivity contribution in [3.8, 4) is 0 Å². The van der Waals surface area contributed by atoms with Crippen LogP contribution in [0, 0.1) is 0 Å². The van der Waals surface area contributed by atoms with Gasteiger partial charge in [-0.05, 0) is 5.75 Å². The molecule has 7 heteroatoms. The molecule has 1 rings (SSSR count). The van der Waals surface area contributed by atoms with E-state index in [-0.39, 0.29) is 17.2 Å². The molecule has 1 aromatic heterocycles. The van der Waals surface area contributed by atoms with E-state index < -0.39 is 5.91 Å². The second kappa shape index (κ2) is 5.42. The van der Waals surface area contributed by atoms with Crippen LogP contribution in [0.4, 0.5) is 5.69 Å². The predicted octanol–water partition coefficient (Wildman–Crippen LogP) is 1.24. The fourth-order valence-corrected chi connectivity index (χ4v) is 3.69. The summed E-state index contributed by atoms with van der Waals surface area (Å²) in [5.74, 6) is -0.0130. The van der Waals surface area contributed by atoms with Gasteiger partial charge >= 0.3 is 0 Å². The molecule has 0 radical (unpaired) electrons. The number of carbonyl (C=O) groups is 2. The SMILES string of the molecule is CCSc1sc(C(=O)N(C)C)c(N)c1C(N)=O. The van der Waals surface area contributed by atoms with Crippen LogP contribution in [0.2, 0.25) is 0 Å². The first kappa shape index (κ1) is 13.9. The van der Waals surface area contributed by atoms with Crippen LogP contribution >= 0.6 is 23.1 Å². The van der Waals surface area contributed by atoms with E-state index in [0.29, 0.717) is 9.09 Å². The van der Waals surface area contributed by atoms with Gasteiger partial charge in [0.25, 0.3) is 11.8 Å². The molecule has 0 aliphatic rings. The second-order valence-corrected chi connectivity index (χ2v) is 6.06. The summed E-state index contributed by atoms with van der Waals surface area (Å²) in [4.78, 5) is 25.0. The molecule has 17 heavy (non-hydrogen) atoms. The summed E-state index contributed by atoms with van der Waals surface area (Å²) >= 11 is 2.68. The Labute approximate surface area is 108 Å². The first-order chi connectivity index (χ1) is 7.90. The number of nitrogen functional groups attached to an aromatic ring is 1. The minimum atomic E-state index is -0.590. The maximum absolute atomic E-state index is 11.9. The highest BCUT2D eigenvalue weighted by atomic mass is 32.2. The van der Waals surface area contributed by atoms with Crippen LogP contribution < -0.4 is 11.5 Å². The van der Waals surface area contributed by atoms with Crippen LogP contribution in [-0.4, -0.2) is 36.6 Å². The van der Waals surface area contributed by atoms with Crippen molar-refractivity contribution in [2.75, 3.05) is 25.6 Å². The molecular weight excluding hydrogens is 258 g/mol. The molecule has 0 saturated heterocycles. The molecule has 0 bridgehead atoms. The van der Waals surface area contributed by atoms with Crippen molar-refractivity contribution < 1.29 is 9.59 Å². The third kappa shape index (κ3) is 2.73. The monoisotopic (exact) mass is 273 g/mol. The van der Waals surface area contributed by atoms with Crippen LogP contribution in [0.1, 0.15) is 27.0 Å². The summed E-state index contributed by atoms with van der Waals surface area (Å²) in [6.07, 6.45) is 0. The minimum Gasteiger partial charge on any atom is -0.397 e. The first-order valence-electron chi connectivity index (χ1n) is 4.96. The molecule has 0 aromatic carbocycles. The van der Waals surface area contributed by atoms with Gasteiger partial charge in [-0.3, -0.25) is 9.59 Å². The molecule has 94 valence electrons. The largest absolute Gasteiger partial charge is 0.397 e. The fraction of sp³-hybridized carbons (Fsp3) is 0.400. The number of thioether (sulfide) groups is 1. The summed E-state index contributed by atoms with van der Waals surface area (Å²) in [5.41, 5.74) is 11.6. The van der Waals surface area contributed by atoms with E-state index >= 15 is 0 Å². The number of hydrogen-bond donors (Lipinski definition) is 2. The molecule has 5 nitrogen and oxygen atoms in total. The summed E-state index contributed by atoms with van der Waals surface area (Å²) in [6.45, 7) is 1.96. The summed E-state index contributed by atoms with van der Waals surface area (Å²) in [6, 6.07) is 0. The number of primary amides is 1. The molecule has 1 aromatic rings. The van der Waals surface area contributed by atoms with Crippen LogP contribution in [0.25, 0.3) is 0 Å². The second-order valence-electron chi connectivity index (χ2n) is 3.50. The highest BCUT2D eigenvalue weighted by Crippen LogP contribution is 2.38. The third-order valence-corrected chi connectivity index (χ3v) is 4.38. The Balaban J connectivity index is 3.31. The van der Waals surface area contributed by atoms with Crippen LogP contribution in [-0.2, 0) is 0 Å². The average Bonchev–Trinajstić information content (AvgIpc) is 2.54. The fourth-order valence-electron chi connectivity index (χ4n) is 1.25. The lowest BCUT2D eigenvalue weighted by molar-refractivity contribution is 0.0833. The van der Waals surface area contributed by atoms with Gasteiger partial charge < -0.3 is 16.4 Å². The van der Waals surface area contributed by atoms with E-state index in [4.69, 9.17) is 11.5 Å². The molecule has 0 spiro atoms. The van der Waals surface area contributed by atoms with Crippen molar-refractivity contribution >= 4 is 40.6 Å². The summed E-state index contributed by atoms with van der Waals surface area (Å²) < 4.78 is 0.711. The summed E-state index contributed by atoms with van der Waals surface area (Å²) in [7, 11) is 3.27. The molecule has 1 heterocycles. The Bertz CT molecular complexity index is 455. The van der Waals surface area contributed by atoms with Gasteiger partial charge in [0.2, 0.25) is 0 Å². The zero-order valence-corrected chi connectivity index (χ0v) is 11.6. The Kier molecular flexibility index (Phi) is 4.41.